The van der Waals surface area contributed by atoms with E-state index in [0.717, 1.165) is 4.90 Å². The minimum absolute atomic E-state index is 0.159. The van der Waals surface area contributed by atoms with E-state index in [1.54, 1.807) is 18.2 Å². The molecule has 0 spiro atoms. The fourth-order valence-electron chi connectivity index (χ4n) is 2.70. The molecule has 1 aromatic heterocycles. The quantitative estimate of drug-likeness (QED) is 0.835. The summed E-state index contributed by atoms with van der Waals surface area (Å²) in [6, 6.07) is 6.45. The highest BCUT2D eigenvalue weighted by Crippen LogP contribution is 2.29. The van der Waals surface area contributed by atoms with Gasteiger partial charge in [-0.2, -0.15) is 0 Å². The van der Waals surface area contributed by atoms with Crippen LogP contribution in [0.1, 0.15) is 6.42 Å². The Bertz CT molecular complexity index is 815. The number of carbonyl (C=O) groups excluding carboxylic acids is 1. The number of pyridine rings is 1. The van der Waals surface area contributed by atoms with Gasteiger partial charge in [-0.05, 0) is 41.8 Å². The minimum Gasteiger partial charge on any atom is -0.465 e. The van der Waals surface area contributed by atoms with Crippen molar-refractivity contribution in [3.8, 4) is 11.1 Å². The highest BCUT2D eigenvalue weighted by molar-refractivity contribution is 6.29. The third-order valence-corrected chi connectivity index (χ3v) is 4.01. The highest BCUT2D eigenvalue weighted by Gasteiger charge is 2.35. The Morgan fingerprint density at radius 2 is 2.08 bits per heavy atom. The summed E-state index contributed by atoms with van der Waals surface area (Å²) in [6.45, 7) is 0.364. The van der Waals surface area contributed by atoms with E-state index in [0.29, 0.717) is 24.1 Å². The maximum Gasteiger partial charge on any atom is 0.412 e. The molecule has 0 radical (unpaired) electrons. The SMILES string of the molecule is O=C1NCCC1N(C(=O)O)c1ccc(-c2ccnc(Cl)c2)cc1F. The van der Waals surface area contributed by atoms with Gasteiger partial charge in [0.1, 0.15) is 17.0 Å². The number of benzene rings is 1. The number of nitrogens with one attached hydrogen (secondary N) is 1. The van der Waals surface area contributed by atoms with Crippen LogP contribution in [0.4, 0.5) is 14.9 Å². The fraction of sp³-hybridized carbons (Fsp3) is 0.188. The molecular formula is C16H13ClFN3O3. The second-order valence-electron chi connectivity index (χ2n) is 5.28. The third kappa shape index (κ3) is 3.03. The molecule has 1 aliphatic heterocycles. The molecule has 2 aromatic rings. The van der Waals surface area contributed by atoms with Gasteiger partial charge in [-0.1, -0.05) is 17.7 Å². The molecule has 1 saturated heterocycles. The summed E-state index contributed by atoms with van der Waals surface area (Å²) in [6.07, 6.45) is 0.415. The van der Waals surface area contributed by atoms with Crippen LogP contribution in [0.2, 0.25) is 5.15 Å². The maximum absolute atomic E-state index is 14.5. The van der Waals surface area contributed by atoms with E-state index in [4.69, 9.17) is 11.6 Å². The summed E-state index contributed by atoms with van der Waals surface area (Å²) in [4.78, 5) is 27.9. The third-order valence-electron chi connectivity index (χ3n) is 3.80. The molecule has 6 nitrogen and oxygen atoms in total. The summed E-state index contributed by atoms with van der Waals surface area (Å²) in [5, 5.41) is 12.2. The van der Waals surface area contributed by atoms with Crippen LogP contribution in [-0.2, 0) is 4.79 Å². The van der Waals surface area contributed by atoms with E-state index in [1.165, 1.54) is 18.3 Å². The van der Waals surface area contributed by atoms with Crippen molar-refractivity contribution in [1.29, 1.82) is 0 Å². The van der Waals surface area contributed by atoms with E-state index in [9.17, 15) is 19.1 Å². The molecule has 124 valence electrons. The smallest absolute Gasteiger partial charge is 0.412 e. The number of hydrogen-bond acceptors (Lipinski definition) is 3. The Morgan fingerprint density at radius 3 is 2.67 bits per heavy atom. The normalized spacial score (nSPS) is 16.8. The molecule has 1 aromatic carbocycles. The lowest BCUT2D eigenvalue weighted by molar-refractivity contribution is -0.120. The highest BCUT2D eigenvalue weighted by atomic mass is 35.5. The molecule has 1 unspecified atom stereocenters. The zero-order chi connectivity index (χ0) is 17.3. The Morgan fingerprint density at radius 1 is 1.33 bits per heavy atom. The van der Waals surface area contributed by atoms with Gasteiger partial charge in [0.2, 0.25) is 5.91 Å². The molecule has 2 heterocycles. The lowest BCUT2D eigenvalue weighted by Crippen LogP contribution is -2.44. The second-order valence-corrected chi connectivity index (χ2v) is 5.67. The van der Waals surface area contributed by atoms with E-state index < -0.39 is 23.9 Å². The zero-order valence-corrected chi connectivity index (χ0v) is 13.1. The first kappa shape index (κ1) is 16.2. The van der Waals surface area contributed by atoms with Crippen molar-refractivity contribution < 1.29 is 19.1 Å². The largest absolute Gasteiger partial charge is 0.465 e. The van der Waals surface area contributed by atoms with Gasteiger partial charge in [0.15, 0.2) is 0 Å². The summed E-state index contributed by atoms with van der Waals surface area (Å²) >= 11 is 5.82. The molecule has 1 aliphatic rings. The van der Waals surface area contributed by atoms with E-state index in [2.05, 4.69) is 10.3 Å². The van der Waals surface area contributed by atoms with Crippen molar-refractivity contribution in [2.45, 2.75) is 12.5 Å². The van der Waals surface area contributed by atoms with Gasteiger partial charge in [0.05, 0.1) is 5.69 Å². The molecule has 0 bridgehead atoms. The molecule has 24 heavy (non-hydrogen) atoms. The van der Waals surface area contributed by atoms with Gasteiger partial charge in [-0.15, -0.1) is 0 Å². The molecular weight excluding hydrogens is 337 g/mol. The number of amides is 2. The zero-order valence-electron chi connectivity index (χ0n) is 12.4. The first-order valence-corrected chi connectivity index (χ1v) is 7.56. The summed E-state index contributed by atoms with van der Waals surface area (Å²) in [7, 11) is 0. The standard InChI is InChI=1S/C16H13ClFN3O3/c17-14-8-10(3-5-19-14)9-1-2-12(11(18)7-9)21(16(23)24)13-4-6-20-15(13)22/h1-3,5,7-8,13H,4,6H2,(H,20,22)(H,23,24). The number of hydrogen-bond donors (Lipinski definition) is 2. The van der Waals surface area contributed by atoms with Crippen LogP contribution in [-0.4, -0.2) is 34.7 Å². The van der Waals surface area contributed by atoms with Crippen LogP contribution in [0, 0.1) is 5.82 Å². The topological polar surface area (TPSA) is 82.5 Å². The Balaban J connectivity index is 1.99. The van der Waals surface area contributed by atoms with Crippen LogP contribution in [0.15, 0.2) is 36.5 Å². The first-order chi connectivity index (χ1) is 11.5. The van der Waals surface area contributed by atoms with Gasteiger partial charge in [0, 0.05) is 12.7 Å². The molecule has 2 N–H and O–H groups in total. The molecule has 3 rings (SSSR count). The van der Waals surface area contributed by atoms with Crippen LogP contribution in [0.3, 0.4) is 0 Å². The number of halogens is 2. The molecule has 2 amide bonds. The Labute approximate surface area is 141 Å². The van der Waals surface area contributed by atoms with Crippen molar-refractivity contribution >= 4 is 29.3 Å². The van der Waals surface area contributed by atoms with Gasteiger partial charge < -0.3 is 10.4 Å². The Hall–Kier alpha value is -2.67. The number of aromatic nitrogens is 1. The van der Waals surface area contributed by atoms with Gasteiger partial charge in [0.25, 0.3) is 0 Å². The maximum atomic E-state index is 14.5. The van der Waals surface area contributed by atoms with E-state index in [-0.39, 0.29) is 10.8 Å². The average molecular weight is 350 g/mol. The van der Waals surface area contributed by atoms with Crippen molar-refractivity contribution in [3.63, 3.8) is 0 Å². The number of nitrogens with zero attached hydrogens (tertiary/aromatic N) is 2. The number of rotatable bonds is 3. The van der Waals surface area contributed by atoms with E-state index in [1.807, 2.05) is 0 Å². The summed E-state index contributed by atoms with van der Waals surface area (Å²) < 4.78 is 14.5. The van der Waals surface area contributed by atoms with Gasteiger partial charge in [-0.25, -0.2) is 14.2 Å². The van der Waals surface area contributed by atoms with Crippen molar-refractivity contribution in [2.24, 2.45) is 0 Å². The number of carbonyl (C=O) groups is 2. The van der Waals surface area contributed by atoms with Gasteiger partial charge >= 0.3 is 6.09 Å². The predicted molar refractivity (Wildman–Crippen MR) is 86.6 cm³/mol. The van der Waals surface area contributed by atoms with Crippen molar-refractivity contribution in [1.82, 2.24) is 10.3 Å². The van der Waals surface area contributed by atoms with Gasteiger partial charge in [-0.3, -0.25) is 9.69 Å². The van der Waals surface area contributed by atoms with Crippen LogP contribution in [0.5, 0.6) is 0 Å². The Kier molecular flexibility index (Phi) is 4.35. The molecule has 1 fully saturated rings. The van der Waals surface area contributed by atoms with Crippen LogP contribution >= 0.6 is 11.6 Å². The second kappa shape index (κ2) is 6.45. The first-order valence-electron chi connectivity index (χ1n) is 7.18. The average Bonchev–Trinajstić information content (AvgIpc) is 2.95. The van der Waals surface area contributed by atoms with Crippen molar-refractivity contribution in [2.75, 3.05) is 11.4 Å². The number of anilines is 1. The molecule has 0 aliphatic carbocycles. The molecule has 8 heteroatoms. The molecule has 0 saturated carbocycles. The summed E-state index contributed by atoms with van der Waals surface area (Å²) in [5.41, 5.74) is 1.02. The lowest BCUT2D eigenvalue weighted by Gasteiger charge is -2.24. The molecule has 1 atom stereocenters. The predicted octanol–water partition coefficient (Wildman–Crippen LogP) is 2.91. The number of carboxylic acid groups (broad SMARTS) is 1. The van der Waals surface area contributed by atoms with Crippen LogP contribution < -0.4 is 10.2 Å². The monoisotopic (exact) mass is 349 g/mol. The fourth-order valence-corrected chi connectivity index (χ4v) is 2.87. The lowest BCUT2D eigenvalue weighted by atomic mass is 10.1. The summed E-state index contributed by atoms with van der Waals surface area (Å²) in [5.74, 6) is -1.16. The van der Waals surface area contributed by atoms with E-state index >= 15 is 0 Å². The van der Waals surface area contributed by atoms with Crippen LogP contribution in [0.25, 0.3) is 11.1 Å². The van der Waals surface area contributed by atoms with Crippen molar-refractivity contribution in [3.05, 3.63) is 47.5 Å². The minimum atomic E-state index is -1.38.